The number of benzene rings is 1. The normalized spacial score (nSPS) is 12.8. The number of halogens is 1. The van der Waals surface area contributed by atoms with Crippen LogP contribution in [0.25, 0.3) is 5.76 Å². The second-order valence-corrected chi connectivity index (χ2v) is 18.5. The van der Waals surface area contributed by atoms with Crippen molar-refractivity contribution >= 4 is 38.3 Å². The highest BCUT2D eigenvalue weighted by Crippen LogP contribution is 2.45. The molecule has 0 fully saturated rings. The average Bonchev–Trinajstić information content (AvgIpc) is 2.37. The van der Waals surface area contributed by atoms with Gasteiger partial charge in [-0.3, -0.25) is 0 Å². The van der Waals surface area contributed by atoms with E-state index in [1.54, 1.807) is 7.11 Å². The second kappa shape index (κ2) is 7.26. The van der Waals surface area contributed by atoms with E-state index in [2.05, 4.69) is 76.0 Å². The van der Waals surface area contributed by atoms with Crippen LogP contribution in [0.1, 0.15) is 26.3 Å². The molecule has 1 aromatic carbocycles. The van der Waals surface area contributed by atoms with Gasteiger partial charge >= 0.3 is 0 Å². The number of methoxy groups -OCH3 is 1. The average molecular weight is 432 g/mol. The second-order valence-electron chi connectivity index (χ2n) is 8.45. The minimum atomic E-state index is -2.02. The molecular formula is C18H31BrO3Si2. The summed E-state index contributed by atoms with van der Waals surface area (Å²) in [7, 11) is -2.15. The van der Waals surface area contributed by atoms with Gasteiger partial charge in [0.25, 0.3) is 8.32 Å². The fourth-order valence-electron chi connectivity index (χ4n) is 1.90. The molecule has 24 heavy (non-hydrogen) atoms. The van der Waals surface area contributed by atoms with Gasteiger partial charge in [-0.15, -0.1) is 0 Å². The third-order valence-corrected chi connectivity index (χ3v) is 9.97. The van der Waals surface area contributed by atoms with Gasteiger partial charge in [-0.2, -0.15) is 0 Å². The summed E-state index contributed by atoms with van der Waals surface area (Å²) in [5.41, 5.74) is 0.805. The zero-order valence-corrected chi connectivity index (χ0v) is 20.1. The van der Waals surface area contributed by atoms with Crippen LogP contribution in [-0.2, 0) is 4.43 Å². The maximum absolute atomic E-state index is 6.59. The van der Waals surface area contributed by atoms with Crippen LogP contribution in [-0.4, -0.2) is 23.7 Å². The van der Waals surface area contributed by atoms with Gasteiger partial charge in [-0.25, -0.2) is 0 Å². The zero-order valence-electron chi connectivity index (χ0n) is 16.5. The van der Waals surface area contributed by atoms with Crippen LogP contribution in [0, 0.1) is 0 Å². The van der Waals surface area contributed by atoms with Gasteiger partial charge in [0, 0.05) is 0 Å². The molecular weight excluding hydrogens is 400 g/mol. The first-order chi connectivity index (χ1) is 10.7. The van der Waals surface area contributed by atoms with Crippen LogP contribution in [0.4, 0.5) is 0 Å². The Morgan fingerprint density at radius 3 is 2.04 bits per heavy atom. The van der Waals surface area contributed by atoms with Crippen molar-refractivity contribution < 1.29 is 13.6 Å². The van der Waals surface area contributed by atoms with Crippen LogP contribution in [0.15, 0.2) is 23.2 Å². The molecule has 0 saturated heterocycles. The third-order valence-electron chi connectivity index (χ3n) is 4.16. The largest absolute Gasteiger partial charge is 0.544 e. The maximum Gasteiger partial charge on any atom is 0.250 e. The predicted octanol–water partition coefficient (Wildman–Crippen LogP) is 6.66. The molecule has 0 unspecified atom stereocenters. The van der Waals surface area contributed by atoms with Gasteiger partial charge in [0.15, 0.2) is 0 Å². The molecule has 0 atom stereocenters. The Labute approximate surface area is 157 Å². The van der Waals surface area contributed by atoms with E-state index in [4.69, 9.17) is 13.6 Å². The highest BCUT2D eigenvalue weighted by Gasteiger charge is 2.40. The van der Waals surface area contributed by atoms with E-state index in [9.17, 15) is 0 Å². The quantitative estimate of drug-likeness (QED) is 0.372. The lowest BCUT2D eigenvalue weighted by molar-refractivity contribution is 0.403. The minimum absolute atomic E-state index is 0.0910. The van der Waals surface area contributed by atoms with Crippen molar-refractivity contribution in [1.29, 1.82) is 0 Å². The van der Waals surface area contributed by atoms with Crippen LogP contribution < -0.4 is 9.16 Å². The number of hydrogen-bond donors (Lipinski definition) is 0. The van der Waals surface area contributed by atoms with Crippen molar-refractivity contribution in [2.24, 2.45) is 0 Å². The van der Waals surface area contributed by atoms with E-state index in [-0.39, 0.29) is 5.04 Å². The van der Waals surface area contributed by atoms with Gasteiger partial charge < -0.3 is 13.6 Å². The van der Waals surface area contributed by atoms with E-state index in [1.165, 1.54) is 0 Å². The first-order valence-corrected chi connectivity index (χ1v) is 15.2. The molecule has 0 bridgehead atoms. The first-order valence-electron chi connectivity index (χ1n) is 8.13. The number of hydrogen-bond acceptors (Lipinski definition) is 3. The van der Waals surface area contributed by atoms with Crippen molar-refractivity contribution in [3.63, 3.8) is 0 Å². The van der Waals surface area contributed by atoms with Crippen molar-refractivity contribution in [1.82, 2.24) is 0 Å². The SMILES string of the molecule is C=C(O[Si](C)(C)C)c1c(OC)ccc(Br)c1O[Si](C)(C)C(C)(C)C. The zero-order chi connectivity index (χ0) is 18.9. The molecule has 0 heterocycles. The lowest BCUT2D eigenvalue weighted by atomic mass is 10.1. The van der Waals surface area contributed by atoms with Gasteiger partial charge in [0.2, 0.25) is 8.32 Å². The van der Waals surface area contributed by atoms with Crippen LogP contribution in [0.5, 0.6) is 11.5 Å². The van der Waals surface area contributed by atoms with Crippen molar-refractivity contribution in [2.45, 2.75) is 58.5 Å². The Morgan fingerprint density at radius 2 is 1.62 bits per heavy atom. The molecule has 1 rings (SSSR count). The molecule has 0 aliphatic rings. The van der Waals surface area contributed by atoms with Crippen LogP contribution in [0.2, 0.25) is 37.8 Å². The number of rotatable bonds is 6. The van der Waals surface area contributed by atoms with Gasteiger partial charge in [0.05, 0.1) is 17.1 Å². The van der Waals surface area contributed by atoms with Crippen LogP contribution >= 0.6 is 15.9 Å². The first kappa shape index (κ1) is 21.3. The lowest BCUT2D eigenvalue weighted by Crippen LogP contribution is -2.44. The number of ether oxygens (including phenoxy) is 1. The molecule has 3 nitrogen and oxygen atoms in total. The summed E-state index contributed by atoms with van der Waals surface area (Å²) >= 11 is 3.63. The molecule has 1 aromatic rings. The fourth-order valence-corrected chi connectivity index (χ4v) is 4.33. The summed E-state index contributed by atoms with van der Waals surface area (Å²) < 4.78 is 19.2. The Hall–Kier alpha value is -0.726. The predicted molar refractivity (Wildman–Crippen MR) is 112 cm³/mol. The molecule has 0 radical (unpaired) electrons. The van der Waals surface area contributed by atoms with Crippen molar-refractivity contribution in [2.75, 3.05) is 7.11 Å². The van der Waals surface area contributed by atoms with E-state index in [1.807, 2.05) is 12.1 Å². The highest BCUT2D eigenvalue weighted by atomic mass is 79.9. The summed E-state index contributed by atoms with van der Waals surface area (Å²) in [5, 5.41) is 0.0910. The lowest BCUT2D eigenvalue weighted by Gasteiger charge is -2.37. The summed E-state index contributed by atoms with van der Waals surface area (Å²) in [5.74, 6) is 2.10. The molecule has 0 aliphatic heterocycles. The molecule has 0 aromatic heterocycles. The molecule has 136 valence electrons. The summed E-state index contributed by atoms with van der Waals surface area (Å²) in [6, 6.07) is 3.86. The Balaban J connectivity index is 3.46. The topological polar surface area (TPSA) is 27.7 Å². The van der Waals surface area contributed by atoms with Gasteiger partial charge in [-0.05, 0) is 65.8 Å². The van der Waals surface area contributed by atoms with E-state index < -0.39 is 16.6 Å². The standard InChI is InChI=1S/C18H31BrO3Si2/c1-13(21-23(6,7)8)16-15(20-5)12-11-14(19)17(16)22-24(9,10)18(2,3)4/h11-12H,1H2,2-10H3. The molecule has 6 heteroatoms. The molecule has 0 amide bonds. The monoisotopic (exact) mass is 430 g/mol. The molecule has 0 N–H and O–H groups in total. The maximum atomic E-state index is 6.59. The Morgan fingerprint density at radius 1 is 1.08 bits per heavy atom. The Kier molecular flexibility index (Phi) is 6.44. The van der Waals surface area contributed by atoms with E-state index in [0.29, 0.717) is 5.76 Å². The Bertz CT molecular complexity index is 614. The summed E-state index contributed by atoms with van der Waals surface area (Å²) in [6.45, 7) is 21.7. The third kappa shape index (κ3) is 5.13. The van der Waals surface area contributed by atoms with Gasteiger partial charge in [0.1, 0.15) is 17.3 Å². The summed E-state index contributed by atoms with van der Waals surface area (Å²) in [4.78, 5) is 0. The molecule has 0 saturated carbocycles. The summed E-state index contributed by atoms with van der Waals surface area (Å²) in [6.07, 6.45) is 0. The van der Waals surface area contributed by atoms with Crippen molar-refractivity contribution in [3.05, 3.63) is 28.7 Å². The minimum Gasteiger partial charge on any atom is -0.544 e. The highest BCUT2D eigenvalue weighted by molar-refractivity contribution is 9.10. The van der Waals surface area contributed by atoms with Crippen molar-refractivity contribution in [3.8, 4) is 11.5 Å². The molecule has 0 spiro atoms. The van der Waals surface area contributed by atoms with E-state index in [0.717, 1.165) is 21.5 Å². The smallest absolute Gasteiger partial charge is 0.250 e. The fraction of sp³-hybridized carbons (Fsp3) is 0.556. The molecule has 0 aliphatic carbocycles. The van der Waals surface area contributed by atoms with Gasteiger partial charge in [-0.1, -0.05) is 27.4 Å². The van der Waals surface area contributed by atoms with E-state index >= 15 is 0 Å². The van der Waals surface area contributed by atoms with Crippen LogP contribution in [0.3, 0.4) is 0 Å².